The third kappa shape index (κ3) is 58.4. The molecule has 0 aliphatic rings. The molecule has 0 fully saturated rings. The molecule has 0 saturated heterocycles. The molecule has 0 saturated carbocycles. The first kappa shape index (κ1) is 16.2. The normalized spacial score (nSPS) is 8.57. The number of hydrogen-bond acceptors (Lipinski definition) is 4. The molecule has 0 rings (SSSR count). The molecular formula is H7KMgO4Si. The van der Waals surface area contributed by atoms with Crippen LogP contribution < -0.4 is 0 Å². The fourth-order valence-corrected chi connectivity index (χ4v) is 0. The standard InChI is InChI=1S/K.Mg.H4O4Si.3H/c;;1-5(2,3)4;;;/h;;1-4H;;;. The van der Waals surface area contributed by atoms with Gasteiger partial charge in [0.1, 0.15) is 0 Å². The zero-order chi connectivity index (χ0) is 4.50. The van der Waals surface area contributed by atoms with Crippen molar-refractivity contribution in [1.82, 2.24) is 0 Å². The third-order valence-corrected chi connectivity index (χ3v) is 0. The van der Waals surface area contributed by atoms with Gasteiger partial charge in [0.05, 0.1) is 0 Å². The van der Waals surface area contributed by atoms with E-state index in [1.807, 2.05) is 0 Å². The quantitative estimate of drug-likeness (QED) is 0.273. The van der Waals surface area contributed by atoms with E-state index in [-0.39, 0.29) is 74.4 Å². The topological polar surface area (TPSA) is 80.9 Å². The summed E-state index contributed by atoms with van der Waals surface area (Å²) >= 11 is 0. The largest absolute Gasteiger partial charge is 0.316 e. The first-order valence-electron chi connectivity index (χ1n) is 0.894. The van der Waals surface area contributed by atoms with Crippen LogP contribution in [0.3, 0.4) is 0 Å². The van der Waals surface area contributed by atoms with Gasteiger partial charge in [0.15, 0.2) is 0 Å². The van der Waals surface area contributed by atoms with Gasteiger partial charge in [0, 0.05) is 0 Å². The molecule has 4 nitrogen and oxygen atoms in total. The van der Waals surface area contributed by atoms with Crippen LogP contribution in [0, 0.1) is 0 Å². The molecule has 0 aliphatic heterocycles. The van der Waals surface area contributed by atoms with Crippen molar-refractivity contribution in [2.24, 2.45) is 0 Å². The Hall–Kier alpha value is 2.46. The van der Waals surface area contributed by atoms with E-state index in [1.165, 1.54) is 0 Å². The van der Waals surface area contributed by atoms with Crippen molar-refractivity contribution in [2.75, 3.05) is 0 Å². The smallest absolute Gasteiger partial charge is 0.316 e. The summed E-state index contributed by atoms with van der Waals surface area (Å²) in [5.74, 6) is 0. The molecule has 0 atom stereocenters. The average Bonchev–Trinajstić information content (AvgIpc) is 0.722. The second-order valence-corrected chi connectivity index (χ2v) is 1.80. The fourth-order valence-electron chi connectivity index (χ4n) is 0. The fraction of sp³-hybridized carbons (Fsp3) is 0. The maximum absolute atomic E-state index is 7.33. The van der Waals surface area contributed by atoms with Crippen molar-refractivity contribution in [2.45, 2.75) is 0 Å². The first-order chi connectivity index (χ1) is 2.00. The van der Waals surface area contributed by atoms with Crippen molar-refractivity contribution in [1.29, 1.82) is 0 Å². The second-order valence-electron chi connectivity index (χ2n) is 0.600. The molecule has 0 spiro atoms. The van der Waals surface area contributed by atoms with Crippen molar-refractivity contribution in [3.8, 4) is 0 Å². The van der Waals surface area contributed by atoms with Gasteiger partial charge in [-0.1, -0.05) is 0 Å². The van der Waals surface area contributed by atoms with Crippen LogP contribution in [0.25, 0.3) is 0 Å². The zero-order valence-electron chi connectivity index (χ0n) is 2.29. The molecule has 0 aromatic heterocycles. The summed E-state index contributed by atoms with van der Waals surface area (Å²) < 4.78 is 0. The minimum atomic E-state index is -4.61. The van der Waals surface area contributed by atoms with E-state index in [1.54, 1.807) is 0 Å². The molecule has 0 radical (unpaired) electrons. The summed E-state index contributed by atoms with van der Waals surface area (Å²) in [7, 11) is -4.61. The predicted molar refractivity (Wildman–Crippen MR) is 30.3 cm³/mol. The van der Waals surface area contributed by atoms with Crippen LogP contribution in [-0.2, 0) is 0 Å². The molecule has 7 heavy (non-hydrogen) atoms. The predicted octanol–water partition coefficient (Wildman–Crippen LogP) is -4.17. The van der Waals surface area contributed by atoms with Gasteiger partial charge in [-0.15, -0.1) is 0 Å². The first-order valence-corrected chi connectivity index (χ1v) is 2.68. The van der Waals surface area contributed by atoms with E-state index in [9.17, 15) is 0 Å². The molecule has 7 heteroatoms. The van der Waals surface area contributed by atoms with Crippen molar-refractivity contribution < 1.29 is 19.2 Å². The van der Waals surface area contributed by atoms with E-state index in [0.29, 0.717) is 0 Å². The van der Waals surface area contributed by atoms with Crippen LogP contribution in [0.1, 0.15) is 0 Å². The minimum absolute atomic E-state index is 0. The minimum Gasteiger partial charge on any atom is 0.316 e. The molecule has 0 amide bonds. The van der Waals surface area contributed by atoms with E-state index >= 15 is 0 Å². The van der Waals surface area contributed by atoms with Gasteiger partial charge in [-0.2, -0.15) is 0 Å². The van der Waals surface area contributed by atoms with E-state index in [4.69, 9.17) is 19.2 Å². The van der Waals surface area contributed by atoms with Crippen molar-refractivity contribution in [3.05, 3.63) is 0 Å². The zero-order valence-corrected chi connectivity index (χ0v) is 3.29. The maximum atomic E-state index is 7.33. The van der Waals surface area contributed by atoms with Gasteiger partial charge < -0.3 is 19.2 Å². The molecule has 0 bridgehead atoms. The third-order valence-electron chi connectivity index (χ3n) is 0. The van der Waals surface area contributed by atoms with Crippen LogP contribution in [0.2, 0.25) is 0 Å². The van der Waals surface area contributed by atoms with Gasteiger partial charge in [-0.3, -0.25) is 0 Å². The molecular weight excluding hydrogens is 155 g/mol. The van der Waals surface area contributed by atoms with E-state index in [0.717, 1.165) is 0 Å². The van der Waals surface area contributed by atoms with Crippen molar-refractivity contribution in [3.63, 3.8) is 0 Å². The van der Waals surface area contributed by atoms with Crippen LogP contribution in [0.15, 0.2) is 0 Å². The molecule has 0 aliphatic carbocycles. The molecule has 38 valence electrons. The molecule has 0 unspecified atom stereocenters. The van der Waals surface area contributed by atoms with Crippen molar-refractivity contribution >= 4 is 83.5 Å². The Morgan fingerprint density at radius 3 is 0.857 bits per heavy atom. The Bertz CT molecular complexity index is 27.2. The molecule has 4 N–H and O–H groups in total. The molecule has 0 aromatic carbocycles. The summed E-state index contributed by atoms with van der Waals surface area (Å²) in [6.45, 7) is 0. The van der Waals surface area contributed by atoms with E-state index in [2.05, 4.69) is 0 Å². The summed E-state index contributed by atoms with van der Waals surface area (Å²) in [6, 6.07) is 0. The Labute approximate surface area is 101 Å². The van der Waals surface area contributed by atoms with Crippen LogP contribution in [-0.4, -0.2) is 103 Å². The van der Waals surface area contributed by atoms with E-state index < -0.39 is 9.05 Å². The second kappa shape index (κ2) is 6.58. The Balaban J connectivity index is -0.0000000800. The van der Waals surface area contributed by atoms with Crippen LogP contribution in [0.5, 0.6) is 0 Å². The Morgan fingerprint density at radius 1 is 0.857 bits per heavy atom. The van der Waals surface area contributed by atoms with Gasteiger partial charge in [0.2, 0.25) is 0 Å². The summed E-state index contributed by atoms with van der Waals surface area (Å²) in [5, 5.41) is 0. The van der Waals surface area contributed by atoms with Gasteiger partial charge >= 0.3 is 83.5 Å². The summed E-state index contributed by atoms with van der Waals surface area (Å²) in [4.78, 5) is 29.3. The van der Waals surface area contributed by atoms with Gasteiger partial charge in [-0.05, 0) is 0 Å². The Kier molecular flexibility index (Phi) is 15.2. The molecule has 0 heterocycles. The molecule has 0 aromatic rings. The summed E-state index contributed by atoms with van der Waals surface area (Å²) in [5.41, 5.74) is 0. The SMILES string of the molecule is O[Si](O)(O)O.[KH].[MgH2]. The average molecular weight is 163 g/mol. The van der Waals surface area contributed by atoms with Gasteiger partial charge in [-0.25, -0.2) is 0 Å². The van der Waals surface area contributed by atoms with Gasteiger partial charge in [0.25, 0.3) is 0 Å². The maximum Gasteiger partial charge on any atom is 0.316 e. The number of hydrogen-bond donors (Lipinski definition) is 4. The number of rotatable bonds is 0. The van der Waals surface area contributed by atoms with Crippen LogP contribution in [0.4, 0.5) is 0 Å². The summed E-state index contributed by atoms with van der Waals surface area (Å²) in [6.07, 6.45) is 0. The van der Waals surface area contributed by atoms with Crippen LogP contribution >= 0.6 is 0 Å². The monoisotopic (exact) mass is 162 g/mol. The Morgan fingerprint density at radius 2 is 0.857 bits per heavy atom.